The molecule has 0 spiro atoms. The topological polar surface area (TPSA) is 65.7 Å². The van der Waals surface area contributed by atoms with Crippen molar-refractivity contribution in [3.05, 3.63) is 54.0 Å². The molecule has 1 aromatic heterocycles. The summed E-state index contributed by atoms with van der Waals surface area (Å²) >= 11 is 0. The van der Waals surface area contributed by atoms with E-state index < -0.39 is 6.10 Å². The molecule has 1 aromatic carbocycles. The van der Waals surface area contributed by atoms with Gasteiger partial charge in [-0.25, -0.2) is 0 Å². The molecule has 1 saturated heterocycles. The van der Waals surface area contributed by atoms with Crippen LogP contribution in [0.25, 0.3) is 0 Å². The average molecular weight is 314 g/mol. The molecule has 0 saturated carbocycles. The van der Waals surface area contributed by atoms with Crippen LogP contribution in [0.2, 0.25) is 0 Å². The third-order valence-electron chi connectivity index (χ3n) is 4.27. The summed E-state index contributed by atoms with van der Waals surface area (Å²) in [5, 5.41) is 13.3. The predicted octanol–water partition coefficient (Wildman–Crippen LogP) is 2.79. The van der Waals surface area contributed by atoms with Crippen molar-refractivity contribution in [2.75, 3.05) is 18.0 Å². The van der Waals surface area contributed by atoms with Gasteiger partial charge in [-0.1, -0.05) is 12.1 Å². The highest BCUT2D eigenvalue weighted by molar-refractivity contribution is 5.95. The highest BCUT2D eigenvalue weighted by Gasteiger charge is 2.21. The maximum absolute atomic E-state index is 11.8. The standard InChI is InChI=1S/C18H22N2O3/c1-13(19-12-16(21)17-4-3-11-23-17)14-6-8-15(9-7-14)20-10-2-5-18(20)22/h3-4,6-9,11,13,16,19,21H,2,5,10,12H2,1H3/t13-,16+/m0/s1. The summed E-state index contributed by atoms with van der Waals surface area (Å²) in [4.78, 5) is 13.6. The summed E-state index contributed by atoms with van der Waals surface area (Å²) in [6, 6.07) is 11.6. The third-order valence-corrected chi connectivity index (χ3v) is 4.27. The molecule has 122 valence electrons. The number of hydrogen-bond donors (Lipinski definition) is 2. The SMILES string of the molecule is C[C@H](NC[C@@H](O)c1ccco1)c1ccc(N2CCCC2=O)cc1. The highest BCUT2D eigenvalue weighted by atomic mass is 16.4. The number of rotatable bonds is 6. The molecule has 0 bridgehead atoms. The van der Waals surface area contributed by atoms with Gasteiger partial charge in [0.05, 0.1) is 6.26 Å². The van der Waals surface area contributed by atoms with Crippen LogP contribution in [0.1, 0.15) is 43.2 Å². The highest BCUT2D eigenvalue weighted by Crippen LogP contribution is 2.23. The Labute approximate surface area is 135 Å². The monoisotopic (exact) mass is 314 g/mol. The minimum absolute atomic E-state index is 0.0999. The van der Waals surface area contributed by atoms with Gasteiger partial charge in [0.25, 0.3) is 0 Å². The lowest BCUT2D eigenvalue weighted by Crippen LogP contribution is -2.25. The van der Waals surface area contributed by atoms with Crippen LogP contribution in [-0.4, -0.2) is 24.1 Å². The minimum atomic E-state index is -0.658. The van der Waals surface area contributed by atoms with Crippen LogP contribution >= 0.6 is 0 Å². The van der Waals surface area contributed by atoms with Gasteiger partial charge in [-0.3, -0.25) is 4.79 Å². The Morgan fingerprint density at radius 2 is 2.09 bits per heavy atom. The molecule has 0 unspecified atom stereocenters. The van der Waals surface area contributed by atoms with E-state index in [2.05, 4.69) is 5.32 Å². The number of carbonyl (C=O) groups is 1. The smallest absolute Gasteiger partial charge is 0.227 e. The zero-order chi connectivity index (χ0) is 16.2. The van der Waals surface area contributed by atoms with Gasteiger partial charge in [-0.05, 0) is 43.2 Å². The molecule has 0 aliphatic carbocycles. The predicted molar refractivity (Wildman–Crippen MR) is 88.1 cm³/mol. The first kappa shape index (κ1) is 15.8. The van der Waals surface area contributed by atoms with E-state index in [1.165, 1.54) is 0 Å². The van der Waals surface area contributed by atoms with Crippen molar-refractivity contribution in [3.8, 4) is 0 Å². The summed E-state index contributed by atoms with van der Waals surface area (Å²) < 4.78 is 5.19. The first-order valence-corrected chi connectivity index (χ1v) is 8.00. The van der Waals surface area contributed by atoms with Crippen molar-refractivity contribution in [1.29, 1.82) is 0 Å². The Kier molecular flexibility index (Phi) is 4.79. The second-order valence-electron chi connectivity index (χ2n) is 5.90. The van der Waals surface area contributed by atoms with E-state index in [0.29, 0.717) is 18.7 Å². The van der Waals surface area contributed by atoms with Crippen molar-refractivity contribution in [3.63, 3.8) is 0 Å². The summed E-state index contributed by atoms with van der Waals surface area (Å²) in [5.41, 5.74) is 2.08. The largest absolute Gasteiger partial charge is 0.467 e. The molecule has 2 heterocycles. The molecule has 2 N–H and O–H groups in total. The number of aliphatic hydroxyl groups excluding tert-OH is 1. The zero-order valence-corrected chi connectivity index (χ0v) is 13.2. The normalized spacial score (nSPS) is 17.5. The Morgan fingerprint density at radius 3 is 2.70 bits per heavy atom. The number of anilines is 1. The number of hydrogen-bond acceptors (Lipinski definition) is 4. The second kappa shape index (κ2) is 6.98. The van der Waals surface area contributed by atoms with Crippen LogP contribution in [0.5, 0.6) is 0 Å². The second-order valence-corrected chi connectivity index (χ2v) is 5.90. The quantitative estimate of drug-likeness (QED) is 0.860. The summed E-state index contributed by atoms with van der Waals surface area (Å²) in [6.07, 6.45) is 2.47. The van der Waals surface area contributed by atoms with E-state index >= 15 is 0 Å². The molecule has 2 atom stereocenters. The lowest BCUT2D eigenvalue weighted by atomic mass is 10.1. The van der Waals surface area contributed by atoms with Gasteiger partial charge in [0.1, 0.15) is 11.9 Å². The number of nitrogens with one attached hydrogen (secondary N) is 1. The Balaban J connectivity index is 1.57. The van der Waals surface area contributed by atoms with Gasteiger partial charge in [0.15, 0.2) is 0 Å². The number of nitrogens with zero attached hydrogens (tertiary/aromatic N) is 1. The summed E-state index contributed by atoms with van der Waals surface area (Å²) in [5.74, 6) is 0.762. The van der Waals surface area contributed by atoms with Gasteiger partial charge >= 0.3 is 0 Å². The third kappa shape index (κ3) is 3.63. The van der Waals surface area contributed by atoms with E-state index in [9.17, 15) is 9.90 Å². The maximum atomic E-state index is 11.8. The maximum Gasteiger partial charge on any atom is 0.227 e. The molecule has 23 heavy (non-hydrogen) atoms. The number of benzene rings is 1. The number of carbonyl (C=O) groups excluding carboxylic acids is 1. The van der Waals surface area contributed by atoms with Gasteiger partial charge in [-0.2, -0.15) is 0 Å². The molecule has 1 fully saturated rings. The van der Waals surface area contributed by atoms with Crippen LogP contribution in [0.3, 0.4) is 0 Å². The fraction of sp³-hybridized carbons (Fsp3) is 0.389. The van der Waals surface area contributed by atoms with Crippen molar-refractivity contribution in [2.24, 2.45) is 0 Å². The number of amides is 1. The van der Waals surface area contributed by atoms with Crippen molar-refractivity contribution in [1.82, 2.24) is 5.32 Å². The molecular weight excluding hydrogens is 292 g/mol. The molecule has 3 rings (SSSR count). The Hall–Kier alpha value is -2.11. The van der Waals surface area contributed by atoms with E-state index in [4.69, 9.17) is 4.42 Å². The summed E-state index contributed by atoms with van der Waals surface area (Å²) in [6.45, 7) is 3.27. The first-order chi connectivity index (χ1) is 11.1. The van der Waals surface area contributed by atoms with Crippen LogP contribution in [0, 0.1) is 0 Å². The van der Waals surface area contributed by atoms with Crippen molar-refractivity contribution in [2.45, 2.75) is 31.9 Å². The molecule has 5 heteroatoms. The number of aliphatic hydroxyl groups is 1. The minimum Gasteiger partial charge on any atom is -0.467 e. The average Bonchev–Trinajstić information content (AvgIpc) is 3.24. The van der Waals surface area contributed by atoms with E-state index in [1.54, 1.807) is 18.4 Å². The van der Waals surface area contributed by atoms with Crippen LogP contribution in [0.4, 0.5) is 5.69 Å². The molecule has 0 radical (unpaired) electrons. The first-order valence-electron chi connectivity index (χ1n) is 8.00. The molecule has 5 nitrogen and oxygen atoms in total. The molecule has 1 aliphatic rings. The van der Waals surface area contributed by atoms with Crippen LogP contribution < -0.4 is 10.2 Å². The Bertz CT molecular complexity index is 637. The summed E-state index contributed by atoms with van der Waals surface area (Å²) in [7, 11) is 0. The molecule has 1 aliphatic heterocycles. The molecule has 2 aromatic rings. The van der Waals surface area contributed by atoms with Gasteiger partial charge in [-0.15, -0.1) is 0 Å². The fourth-order valence-corrected chi connectivity index (χ4v) is 2.85. The van der Waals surface area contributed by atoms with Gasteiger partial charge in [0, 0.05) is 31.2 Å². The van der Waals surface area contributed by atoms with Crippen LogP contribution in [0.15, 0.2) is 47.1 Å². The van der Waals surface area contributed by atoms with Crippen molar-refractivity contribution < 1.29 is 14.3 Å². The van der Waals surface area contributed by atoms with E-state index in [-0.39, 0.29) is 11.9 Å². The zero-order valence-electron chi connectivity index (χ0n) is 13.2. The van der Waals surface area contributed by atoms with Gasteiger partial charge in [0.2, 0.25) is 5.91 Å². The fourth-order valence-electron chi connectivity index (χ4n) is 2.85. The molecule has 1 amide bonds. The van der Waals surface area contributed by atoms with Gasteiger partial charge < -0.3 is 19.7 Å². The lowest BCUT2D eigenvalue weighted by Gasteiger charge is -2.19. The Morgan fingerprint density at radius 1 is 1.30 bits per heavy atom. The van der Waals surface area contributed by atoms with Crippen molar-refractivity contribution >= 4 is 11.6 Å². The molecular formula is C18H22N2O3. The van der Waals surface area contributed by atoms with E-state index in [0.717, 1.165) is 24.2 Å². The van der Waals surface area contributed by atoms with Crippen LogP contribution in [-0.2, 0) is 4.79 Å². The number of furan rings is 1. The lowest BCUT2D eigenvalue weighted by molar-refractivity contribution is -0.117. The van der Waals surface area contributed by atoms with E-state index in [1.807, 2.05) is 36.1 Å².